The van der Waals surface area contributed by atoms with Gasteiger partial charge in [0.15, 0.2) is 6.61 Å². The van der Waals surface area contributed by atoms with Crippen LogP contribution in [0.4, 0.5) is 4.79 Å². The van der Waals surface area contributed by atoms with Crippen molar-refractivity contribution in [2.24, 2.45) is 0 Å². The Morgan fingerprint density at radius 2 is 1.62 bits per heavy atom. The Bertz CT molecular complexity index is 1140. The molecule has 0 aromatic heterocycles. The van der Waals surface area contributed by atoms with Crippen molar-refractivity contribution in [1.29, 1.82) is 0 Å². The number of amides is 2. The van der Waals surface area contributed by atoms with Crippen LogP contribution in [0.25, 0.3) is 11.1 Å². The molecule has 0 radical (unpaired) electrons. The molecule has 2 amide bonds. The van der Waals surface area contributed by atoms with Gasteiger partial charge in [0.1, 0.15) is 22.5 Å². The van der Waals surface area contributed by atoms with Gasteiger partial charge in [0, 0.05) is 19.2 Å². The number of carbonyl (C=O) groups excluding carboxylic acids is 2. The van der Waals surface area contributed by atoms with Gasteiger partial charge in [-0.3, -0.25) is 9.63 Å². The lowest BCUT2D eigenvalue weighted by atomic mass is 9.98. The molecule has 2 aromatic carbocycles. The Labute approximate surface area is 197 Å². The molecule has 0 saturated heterocycles. The number of nitrogens with zero attached hydrogens (tertiary/aromatic N) is 1. The number of hydrogen-bond acceptors (Lipinski definition) is 7. The molecule has 3 rings (SSSR count). The van der Waals surface area contributed by atoms with Crippen LogP contribution in [0.5, 0.6) is 0 Å². The Balaban J connectivity index is 1.68. The van der Waals surface area contributed by atoms with Gasteiger partial charge in [0.2, 0.25) is 0 Å². The molecule has 0 bridgehead atoms. The summed E-state index contributed by atoms with van der Waals surface area (Å²) in [6.45, 7) is -0.760. The number of carboxylic acid groups (broad SMARTS) is 1. The van der Waals surface area contributed by atoms with E-state index in [9.17, 15) is 22.8 Å². The predicted octanol–water partition coefficient (Wildman–Crippen LogP) is 1.80. The highest BCUT2D eigenvalue weighted by Gasteiger charge is 2.31. The highest BCUT2D eigenvalue weighted by atomic mass is 32.2. The summed E-state index contributed by atoms with van der Waals surface area (Å²) in [5, 5.41) is 11.8. The summed E-state index contributed by atoms with van der Waals surface area (Å²) in [6, 6.07) is 14.3. The van der Waals surface area contributed by atoms with Crippen LogP contribution in [0.1, 0.15) is 23.5 Å². The molecule has 1 unspecified atom stereocenters. The van der Waals surface area contributed by atoms with Crippen molar-refractivity contribution in [2.75, 3.05) is 32.3 Å². The SMILES string of the molecule is CN(OCC(=O)O)C(=O)C(CCS(C)(=O)=O)NC(=O)OCC1c2ccccc2-c2ccccc21. The summed E-state index contributed by atoms with van der Waals surface area (Å²) in [5.41, 5.74) is 4.15. The molecular formula is C23H26N2O8S. The van der Waals surface area contributed by atoms with Crippen molar-refractivity contribution in [3.8, 4) is 11.1 Å². The van der Waals surface area contributed by atoms with E-state index in [1.807, 2.05) is 48.5 Å². The maximum absolute atomic E-state index is 12.6. The summed E-state index contributed by atoms with van der Waals surface area (Å²) >= 11 is 0. The first-order chi connectivity index (χ1) is 16.1. The van der Waals surface area contributed by atoms with Crippen molar-refractivity contribution >= 4 is 27.8 Å². The van der Waals surface area contributed by atoms with E-state index in [0.717, 1.165) is 28.5 Å². The molecule has 11 heteroatoms. The summed E-state index contributed by atoms with van der Waals surface area (Å²) in [4.78, 5) is 40.7. The maximum atomic E-state index is 12.6. The van der Waals surface area contributed by atoms with Crippen LogP contribution in [0.2, 0.25) is 0 Å². The third-order valence-electron chi connectivity index (χ3n) is 5.40. The second-order valence-electron chi connectivity index (χ2n) is 7.94. The maximum Gasteiger partial charge on any atom is 0.407 e. The van der Waals surface area contributed by atoms with E-state index in [1.165, 1.54) is 7.05 Å². The van der Waals surface area contributed by atoms with E-state index >= 15 is 0 Å². The number of hydroxylamine groups is 2. The minimum Gasteiger partial charge on any atom is -0.479 e. The molecule has 0 fully saturated rings. The molecule has 182 valence electrons. The van der Waals surface area contributed by atoms with E-state index in [0.29, 0.717) is 5.06 Å². The number of fused-ring (bicyclic) bond motifs is 3. The van der Waals surface area contributed by atoms with Crippen LogP contribution in [0, 0.1) is 0 Å². The number of rotatable bonds is 10. The third kappa shape index (κ3) is 6.33. The Kier molecular flexibility index (Phi) is 7.90. The molecule has 2 N–H and O–H groups in total. The van der Waals surface area contributed by atoms with Gasteiger partial charge in [-0.15, -0.1) is 0 Å². The Morgan fingerprint density at radius 3 is 2.15 bits per heavy atom. The van der Waals surface area contributed by atoms with Crippen LogP contribution >= 0.6 is 0 Å². The van der Waals surface area contributed by atoms with Crippen molar-refractivity contribution in [2.45, 2.75) is 18.4 Å². The zero-order valence-electron chi connectivity index (χ0n) is 18.8. The van der Waals surface area contributed by atoms with Gasteiger partial charge in [0.25, 0.3) is 5.91 Å². The standard InChI is InChI=1S/C23H26N2O8S/c1-25(33-14-21(26)27)22(28)20(11-12-34(2,30)31)24-23(29)32-13-19-17-9-5-3-7-15(17)16-8-4-6-10-18(16)19/h3-10,19-20H,11-14H2,1-2H3,(H,24,29)(H,26,27). The minimum absolute atomic E-state index is 0.0121. The zero-order valence-corrected chi connectivity index (χ0v) is 19.6. The molecule has 2 aromatic rings. The first-order valence-corrected chi connectivity index (χ1v) is 12.5. The fourth-order valence-electron chi connectivity index (χ4n) is 3.81. The van der Waals surface area contributed by atoms with Crippen LogP contribution < -0.4 is 5.32 Å². The fourth-order valence-corrected chi connectivity index (χ4v) is 4.47. The fraction of sp³-hybridized carbons (Fsp3) is 0.348. The first kappa shape index (κ1) is 25.2. The quantitative estimate of drug-likeness (QED) is 0.481. The molecule has 10 nitrogen and oxygen atoms in total. The highest BCUT2D eigenvalue weighted by molar-refractivity contribution is 7.90. The molecule has 1 aliphatic rings. The molecule has 0 aliphatic heterocycles. The van der Waals surface area contributed by atoms with Gasteiger partial charge in [-0.05, 0) is 28.7 Å². The summed E-state index contributed by atoms with van der Waals surface area (Å²) < 4.78 is 28.6. The zero-order chi connectivity index (χ0) is 24.9. The summed E-state index contributed by atoms with van der Waals surface area (Å²) in [6.07, 6.45) is -0.130. The van der Waals surface area contributed by atoms with E-state index in [4.69, 9.17) is 14.7 Å². The molecule has 0 saturated carbocycles. The van der Waals surface area contributed by atoms with Gasteiger partial charge >= 0.3 is 12.1 Å². The van der Waals surface area contributed by atoms with E-state index in [1.54, 1.807) is 0 Å². The Hall–Kier alpha value is -3.44. The number of hydrogen-bond donors (Lipinski definition) is 2. The number of carbonyl (C=O) groups is 3. The molecule has 0 heterocycles. The van der Waals surface area contributed by atoms with Crippen LogP contribution in [-0.2, 0) is 29.0 Å². The number of benzene rings is 2. The monoisotopic (exact) mass is 490 g/mol. The highest BCUT2D eigenvalue weighted by Crippen LogP contribution is 2.44. The number of aliphatic carboxylic acids is 1. The van der Waals surface area contributed by atoms with Gasteiger partial charge < -0.3 is 15.2 Å². The average Bonchev–Trinajstić information content (AvgIpc) is 3.11. The third-order valence-corrected chi connectivity index (χ3v) is 6.38. The second kappa shape index (κ2) is 10.7. The minimum atomic E-state index is -3.43. The van der Waals surface area contributed by atoms with Gasteiger partial charge in [-0.1, -0.05) is 48.5 Å². The summed E-state index contributed by atoms with van der Waals surface area (Å²) in [7, 11) is -2.25. The second-order valence-corrected chi connectivity index (χ2v) is 10.2. The lowest BCUT2D eigenvalue weighted by Crippen LogP contribution is -2.48. The number of nitrogens with one attached hydrogen (secondary N) is 1. The number of likely N-dealkylation sites (N-methyl/N-ethyl adjacent to an activating group) is 1. The predicted molar refractivity (Wildman–Crippen MR) is 123 cm³/mol. The van der Waals surface area contributed by atoms with Crippen molar-refractivity contribution in [3.63, 3.8) is 0 Å². The lowest BCUT2D eigenvalue weighted by molar-refractivity contribution is -0.187. The number of carboxylic acids is 1. The topological polar surface area (TPSA) is 139 Å². The molecule has 1 atom stereocenters. The molecule has 34 heavy (non-hydrogen) atoms. The first-order valence-electron chi connectivity index (χ1n) is 10.5. The average molecular weight is 491 g/mol. The molecule has 1 aliphatic carbocycles. The number of alkyl carbamates (subject to hydrolysis) is 1. The van der Waals surface area contributed by atoms with Crippen LogP contribution in [0.3, 0.4) is 0 Å². The van der Waals surface area contributed by atoms with Crippen LogP contribution in [-0.4, -0.2) is 74.9 Å². The lowest BCUT2D eigenvalue weighted by Gasteiger charge is -2.23. The Morgan fingerprint density at radius 1 is 1.06 bits per heavy atom. The van der Waals surface area contributed by atoms with Crippen molar-refractivity contribution < 1.29 is 37.5 Å². The normalized spacial score (nSPS) is 13.5. The smallest absolute Gasteiger partial charge is 0.407 e. The number of sulfone groups is 1. The summed E-state index contributed by atoms with van der Waals surface area (Å²) in [5.74, 6) is -2.67. The van der Waals surface area contributed by atoms with Gasteiger partial charge in [-0.2, -0.15) is 0 Å². The van der Waals surface area contributed by atoms with Crippen LogP contribution in [0.15, 0.2) is 48.5 Å². The van der Waals surface area contributed by atoms with E-state index in [2.05, 4.69) is 5.32 Å². The number of ether oxygens (including phenoxy) is 1. The van der Waals surface area contributed by atoms with Gasteiger partial charge in [0.05, 0.1) is 5.75 Å². The van der Waals surface area contributed by atoms with Crippen molar-refractivity contribution in [1.82, 2.24) is 10.4 Å². The molecule has 0 spiro atoms. The molecular weight excluding hydrogens is 464 g/mol. The van der Waals surface area contributed by atoms with E-state index in [-0.39, 0.29) is 24.7 Å². The van der Waals surface area contributed by atoms with E-state index < -0.39 is 40.5 Å². The van der Waals surface area contributed by atoms with Crippen molar-refractivity contribution in [3.05, 3.63) is 59.7 Å². The largest absolute Gasteiger partial charge is 0.479 e. The van der Waals surface area contributed by atoms with Gasteiger partial charge in [-0.25, -0.2) is 23.1 Å².